The minimum absolute atomic E-state index is 0.0478. The molecule has 1 aliphatic rings. The molecule has 0 bridgehead atoms. The van der Waals surface area contributed by atoms with Gasteiger partial charge in [-0.2, -0.15) is 10.1 Å². The molecule has 4 N–H and O–H groups in total. The van der Waals surface area contributed by atoms with Crippen LogP contribution in [0.25, 0.3) is 11.2 Å². The fourth-order valence-corrected chi connectivity index (χ4v) is 5.37. The van der Waals surface area contributed by atoms with Gasteiger partial charge in [-0.25, -0.2) is 18.9 Å². The molecule has 3 aromatic rings. The monoisotopic (exact) mass is 552 g/mol. The van der Waals surface area contributed by atoms with Crippen molar-refractivity contribution in [2.45, 2.75) is 63.9 Å². The summed E-state index contributed by atoms with van der Waals surface area (Å²) in [4.78, 5) is 24.4. The third-order valence-electron chi connectivity index (χ3n) is 5.74. The van der Waals surface area contributed by atoms with E-state index in [9.17, 15) is 14.5 Å². The zero-order valence-electron chi connectivity index (χ0n) is 21.2. The summed E-state index contributed by atoms with van der Waals surface area (Å²) in [6.45, 7) is 5.38. The number of nitrogens with one attached hydrogen (secondary N) is 1. The number of nitrogen functional groups attached to an aromatic ring is 1. The Morgan fingerprint density at radius 1 is 1.32 bits per heavy atom. The summed E-state index contributed by atoms with van der Waals surface area (Å²) in [5.74, 6) is -0.535. The number of aliphatic hydroxyl groups excluding tert-OH is 1. The Morgan fingerprint density at radius 3 is 2.71 bits per heavy atom. The van der Waals surface area contributed by atoms with Crippen LogP contribution in [0.3, 0.4) is 0 Å². The molecule has 4 rings (SSSR count). The van der Waals surface area contributed by atoms with Crippen LogP contribution in [0.15, 0.2) is 42.9 Å². The number of alkyl halides is 1. The summed E-state index contributed by atoms with van der Waals surface area (Å²) in [6.07, 6.45) is -2.07. The third-order valence-corrected chi connectivity index (χ3v) is 7.38. The summed E-state index contributed by atoms with van der Waals surface area (Å²) in [5, 5.41) is 13.3. The first-order chi connectivity index (χ1) is 17.9. The van der Waals surface area contributed by atoms with Gasteiger partial charge in [-0.05, 0) is 39.8 Å². The summed E-state index contributed by atoms with van der Waals surface area (Å²) >= 11 is 0. The molecule has 0 amide bonds. The predicted octanol–water partition coefficient (Wildman–Crippen LogP) is 2.53. The van der Waals surface area contributed by atoms with Crippen molar-refractivity contribution in [3.8, 4) is 5.75 Å². The topological polar surface area (TPSA) is 173 Å². The molecule has 206 valence electrons. The van der Waals surface area contributed by atoms with Crippen molar-refractivity contribution < 1.29 is 37.4 Å². The third kappa shape index (κ3) is 5.94. The van der Waals surface area contributed by atoms with Crippen LogP contribution in [0.2, 0.25) is 0 Å². The molecule has 0 unspecified atom stereocenters. The number of ether oxygens (including phenoxy) is 2. The second-order valence-corrected chi connectivity index (χ2v) is 10.9. The van der Waals surface area contributed by atoms with Gasteiger partial charge in [0.15, 0.2) is 17.5 Å². The predicted molar refractivity (Wildman–Crippen MR) is 134 cm³/mol. The number of nitrogens with zero attached hydrogens (tertiary/aromatic N) is 4. The fourth-order valence-electron chi connectivity index (χ4n) is 3.87. The number of imidazole rings is 1. The van der Waals surface area contributed by atoms with Crippen molar-refractivity contribution in [3.05, 3.63) is 42.9 Å². The van der Waals surface area contributed by atoms with E-state index in [1.807, 2.05) is 0 Å². The fraction of sp³-hybridized carbons (Fsp3) is 0.478. The Kier molecular flexibility index (Phi) is 8.00. The second kappa shape index (κ2) is 10.9. The number of hydrogen-bond donors (Lipinski definition) is 3. The maximum Gasteiger partial charge on any atom is 0.459 e. The van der Waals surface area contributed by atoms with Gasteiger partial charge in [0.1, 0.15) is 29.5 Å². The van der Waals surface area contributed by atoms with Crippen LogP contribution in [-0.4, -0.2) is 67.2 Å². The van der Waals surface area contributed by atoms with Gasteiger partial charge >= 0.3 is 13.7 Å². The van der Waals surface area contributed by atoms with Crippen molar-refractivity contribution in [3.63, 3.8) is 0 Å². The number of carbonyl (C=O) groups excluding carboxylic acids is 1. The smallest absolute Gasteiger partial charge is 0.459 e. The van der Waals surface area contributed by atoms with Crippen molar-refractivity contribution in [2.24, 2.45) is 0 Å². The number of hydrogen-bond acceptors (Lipinski definition) is 11. The molecule has 1 fully saturated rings. The first-order valence-electron chi connectivity index (χ1n) is 11.8. The molecule has 0 radical (unpaired) electrons. The quantitative estimate of drug-likeness (QED) is 0.248. The average Bonchev–Trinajstić information content (AvgIpc) is 3.35. The minimum Gasteiger partial charge on any atom is -0.462 e. The molecule has 0 spiro atoms. The number of benzene rings is 1. The van der Waals surface area contributed by atoms with E-state index in [0.717, 1.165) is 6.92 Å². The Morgan fingerprint density at radius 2 is 2.03 bits per heavy atom. The lowest BCUT2D eigenvalue weighted by Gasteiger charge is -2.25. The highest BCUT2D eigenvalue weighted by Crippen LogP contribution is 2.48. The second-order valence-electron chi connectivity index (χ2n) is 9.25. The Hall–Kier alpha value is -3.16. The average molecular weight is 553 g/mol. The van der Waals surface area contributed by atoms with E-state index < -0.39 is 56.6 Å². The van der Waals surface area contributed by atoms with Gasteiger partial charge in [0, 0.05) is 0 Å². The maximum absolute atomic E-state index is 15.8. The van der Waals surface area contributed by atoms with Crippen molar-refractivity contribution in [1.82, 2.24) is 24.6 Å². The Bertz CT molecular complexity index is 1320. The minimum atomic E-state index is -4.26. The lowest BCUT2D eigenvalue weighted by atomic mass is 9.98. The van der Waals surface area contributed by atoms with Gasteiger partial charge in [0.05, 0.1) is 25.2 Å². The van der Waals surface area contributed by atoms with Crippen LogP contribution in [0, 0.1) is 0 Å². The first-order valence-corrected chi connectivity index (χ1v) is 13.4. The zero-order chi connectivity index (χ0) is 27.7. The molecule has 1 saturated heterocycles. The molecule has 2 aromatic heterocycles. The molecule has 38 heavy (non-hydrogen) atoms. The van der Waals surface area contributed by atoms with Gasteiger partial charge < -0.3 is 24.8 Å². The molecular formula is C23H30FN6O7P. The number of anilines is 1. The van der Waals surface area contributed by atoms with Crippen molar-refractivity contribution in [2.75, 3.05) is 12.3 Å². The van der Waals surface area contributed by atoms with E-state index in [-0.39, 0.29) is 17.3 Å². The highest BCUT2D eigenvalue weighted by atomic mass is 31.2. The number of nitrogens with two attached hydrogens (primary N) is 1. The number of carbonyl (C=O) groups is 1. The number of para-hydroxylation sites is 1. The van der Waals surface area contributed by atoms with Crippen LogP contribution in [0.1, 0.15) is 33.9 Å². The van der Waals surface area contributed by atoms with Crippen molar-refractivity contribution >= 4 is 30.8 Å². The van der Waals surface area contributed by atoms with E-state index in [1.54, 1.807) is 44.2 Å². The SMILES string of the molecule is CC(C)OC(=O)[C@@H](C)N[P@](=O)(OC[C@H]1O[C@@H](n2cnc3cnc(N)nc32)[C@](C)(F)[C@@H]1O)Oc1ccccc1. The molecule has 3 heterocycles. The van der Waals surface area contributed by atoms with Gasteiger partial charge in [-0.3, -0.25) is 13.9 Å². The van der Waals surface area contributed by atoms with E-state index in [0.29, 0.717) is 5.52 Å². The van der Waals surface area contributed by atoms with Crippen molar-refractivity contribution in [1.29, 1.82) is 0 Å². The maximum atomic E-state index is 15.8. The normalized spacial score (nSPS) is 25.8. The molecule has 6 atom stereocenters. The van der Waals surface area contributed by atoms with E-state index >= 15 is 4.39 Å². The van der Waals surface area contributed by atoms with E-state index in [2.05, 4.69) is 20.0 Å². The zero-order valence-corrected chi connectivity index (χ0v) is 22.1. The molecular weight excluding hydrogens is 522 g/mol. The van der Waals surface area contributed by atoms with Gasteiger partial charge in [-0.15, -0.1) is 0 Å². The summed E-state index contributed by atoms with van der Waals surface area (Å²) in [5.41, 5.74) is 3.89. The van der Waals surface area contributed by atoms with Gasteiger partial charge in [0.25, 0.3) is 0 Å². The highest BCUT2D eigenvalue weighted by molar-refractivity contribution is 7.52. The van der Waals surface area contributed by atoms with E-state index in [4.69, 9.17) is 24.3 Å². The summed E-state index contributed by atoms with van der Waals surface area (Å²) in [6, 6.07) is 7.06. The molecule has 1 aliphatic heterocycles. The van der Waals surface area contributed by atoms with Gasteiger partial charge in [0.2, 0.25) is 5.95 Å². The number of aliphatic hydroxyl groups is 1. The summed E-state index contributed by atoms with van der Waals surface area (Å²) < 4.78 is 52.9. The van der Waals surface area contributed by atoms with E-state index in [1.165, 1.54) is 24.0 Å². The molecule has 0 saturated carbocycles. The largest absolute Gasteiger partial charge is 0.462 e. The van der Waals surface area contributed by atoms with Crippen LogP contribution >= 0.6 is 7.75 Å². The molecule has 0 aliphatic carbocycles. The van der Waals surface area contributed by atoms with Gasteiger partial charge in [-0.1, -0.05) is 18.2 Å². The molecule has 13 nitrogen and oxygen atoms in total. The number of aromatic nitrogens is 4. The summed E-state index contributed by atoms with van der Waals surface area (Å²) in [7, 11) is -4.26. The van der Waals surface area contributed by atoms with Crippen LogP contribution < -0.4 is 15.3 Å². The number of halogens is 1. The van der Waals surface area contributed by atoms with Crippen LogP contribution in [0.4, 0.5) is 10.3 Å². The highest BCUT2D eigenvalue weighted by Gasteiger charge is 2.56. The van der Waals surface area contributed by atoms with Crippen LogP contribution in [0.5, 0.6) is 5.75 Å². The first kappa shape index (κ1) is 27.9. The Labute approximate surface area is 218 Å². The number of esters is 1. The standard InChI is InChI=1S/C23H30FN6O7P/c1-13(2)35-20(32)14(3)29-38(33,37-15-8-6-5-7-9-15)34-11-17-18(31)23(4,24)21(36-17)30-12-27-16-10-26-22(25)28-19(16)30/h5-10,12-14,17-18,21,31H,11H2,1-4H3,(H,29,33)(H2,25,26,28)/t14-,17-,18-,21-,23-,38+/m1/s1. The Balaban J connectivity index is 1.54. The molecule has 15 heteroatoms. The van der Waals surface area contributed by atoms with Crippen LogP contribution in [-0.2, 0) is 23.4 Å². The number of rotatable bonds is 10. The molecule has 1 aromatic carbocycles. The lowest BCUT2D eigenvalue weighted by Crippen LogP contribution is -2.41. The lowest BCUT2D eigenvalue weighted by molar-refractivity contribution is -0.149. The number of fused-ring (bicyclic) bond motifs is 1.